The molecule has 1 saturated heterocycles. The van der Waals surface area contributed by atoms with Crippen LogP contribution in [-0.2, 0) is 0 Å². The molecule has 0 radical (unpaired) electrons. The van der Waals surface area contributed by atoms with Crippen molar-refractivity contribution in [3.05, 3.63) is 35.1 Å². The lowest BCUT2D eigenvalue weighted by Gasteiger charge is -2.47. The van der Waals surface area contributed by atoms with Gasteiger partial charge < -0.3 is 10.0 Å². The molecule has 2 atom stereocenters. The molecule has 0 bridgehead atoms. The number of fused-ring (bicyclic) bond motifs is 1. The third kappa shape index (κ3) is 2.57. The van der Waals surface area contributed by atoms with E-state index >= 15 is 0 Å². The summed E-state index contributed by atoms with van der Waals surface area (Å²) in [4.78, 5) is 14.3. The second-order valence-corrected chi connectivity index (χ2v) is 6.48. The van der Waals surface area contributed by atoms with E-state index in [9.17, 15) is 14.3 Å². The van der Waals surface area contributed by atoms with E-state index in [0.29, 0.717) is 25.1 Å². The summed E-state index contributed by atoms with van der Waals surface area (Å²) >= 11 is 0. The van der Waals surface area contributed by atoms with Gasteiger partial charge in [0.15, 0.2) is 0 Å². The van der Waals surface area contributed by atoms with Crippen molar-refractivity contribution in [3.8, 4) is 0 Å². The highest BCUT2D eigenvalue weighted by Gasteiger charge is 2.44. The molecule has 1 saturated carbocycles. The fourth-order valence-corrected chi connectivity index (χ4v) is 3.74. The van der Waals surface area contributed by atoms with Crippen molar-refractivity contribution >= 4 is 5.91 Å². The third-order valence-electron chi connectivity index (χ3n) is 5.14. The lowest BCUT2D eigenvalue weighted by atomic mass is 9.71. The predicted octanol–water partition coefficient (Wildman–Crippen LogP) is 2.90. The number of aliphatic hydroxyl groups is 1. The Balaban J connectivity index is 1.79. The first-order chi connectivity index (χ1) is 10.0. The number of hydrogen-bond acceptors (Lipinski definition) is 2. The number of halogens is 1. The van der Waals surface area contributed by atoms with Gasteiger partial charge in [-0.2, -0.15) is 0 Å². The molecule has 2 aliphatic rings. The van der Waals surface area contributed by atoms with Crippen LogP contribution in [0.4, 0.5) is 4.39 Å². The van der Waals surface area contributed by atoms with Crippen LogP contribution in [0.25, 0.3) is 0 Å². The molecule has 1 aromatic rings. The Kier molecular flexibility index (Phi) is 3.74. The van der Waals surface area contributed by atoms with Gasteiger partial charge in [-0.25, -0.2) is 4.39 Å². The summed E-state index contributed by atoms with van der Waals surface area (Å²) in [6.07, 6.45) is 4.56. The van der Waals surface area contributed by atoms with E-state index in [4.69, 9.17) is 0 Å². The van der Waals surface area contributed by atoms with Gasteiger partial charge in [0.1, 0.15) is 5.82 Å². The first-order valence-corrected chi connectivity index (χ1v) is 7.78. The van der Waals surface area contributed by atoms with E-state index in [0.717, 1.165) is 25.7 Å². The number of piperidine rings is 1. The molecular weight excluding hydrogens is 269 g/mol. The lowest BCUT2D eigenvalue weighted by Crippen LogP contribution is -2.54. The maximum absolute atomic E-state index is 14.1. The largest absolute Gasteiger partial charge is 0.389 e. The SMILES string of the molecule is Cc1cccc(C(=O)N2CCC3(O)CCCCC3C2)c1F. The zero-order valence-corrected chi connectivity index (χ0v) is 12.4. The molecule has 4 heteroatoms. The molecule has 1 aliphatic carbocycles. The van der Waals surface area contributed by atoms with E-state index in [1.807, 2.05) is 0 Å². The lowest BCUT2D eigenvalue weighted by molar-refractivity contribution is -0.0886. The average Bonchev–Trinajstić information content (AvgIpc) is 2.48. The fourth-order valence-electron chi connectivity index (χ4n) is 3.74. The highest BCUT2D eigenvalue weighted by Crippen LogP contribution is 2.40. The average molecular weight is 291 g/mol. The molecule has 3 rings (SSSR count). The minimum atomic E-state index is -0.611. The smallest absolute Gasteiger partial charge is 0.256 e. The maximum atomic E-state index is 14.1. The Morgan fingerprint density at radius 1 is 1.38 bits per heavy atom. The molecule has 1 aromatic carbocycles. The van der Waals surface area contributed by atoms with Crippen LogP contribution in [0.1, 0.15) is 48.0 Å². The van der Waals surface area contributed by atoms with E-state index in [2.05, 4.69) is 0 Å². The molecule has 1 amide bonds. The zero-order valence-electron chi connectivity index (χ0n) is 12.4. The number of amides is 1. The van der Waals surface area contributed by atoms with Gasteiger partial charge in [0.2, 0.25) is 0 Å². The van der Waals surface area contributed by atoms with E-state index in [1.165, 1.54) is 0 Å². The van der Waals surface area contributed by atoms with Crippen molar-refractivity contribution in [2.24, 2.45) is 5.92 Å². The summed E-state index contributed by atoms with van der Waals surface area (Å²) in [6, 6.07) is 4.93. The van der Waals surface area contributed by atoms with Gasteiger partial charge in [-0.05, 0) is 37.8 Å². The van der Waals surface area contributed by atoms with Crippen molar-refractivity contribution in [1.82, 2.24) is 4.90 Å². The number of carbonyl (C=O) groups excluding carboxylic acids is 1. The monoisotopic (exact) mass is 291 g/mol. The predicted molar refractivity (Wildman–Crippen MR) is 78.6 cm³/mol. The van der Waals surface area contributed by atoms with Gasteiger partial charge >= 0.3 is 0 Å². The molecule has 21 heavy (non-hydrogen) atoms. The van der Waals surface area contributed by atoms with Crippen LogP contribution in [-0.4, -0.2) is 34.6 Å². The molecule has 3 nitrogen and oxygen atoms in total. The third-order valence-corrected chi connectivity index (χ3v) is 5.14. The molecule has 0 aromatic heterocycles. The molecule has 2 fully saturated rings. The second kappa shape index (κ2) is 5.41. The Labute approximate surface area is 124 Å². The summed E-state index contributed by atoms with van der Waals surface area (Å²) in [6.45, 7) is 2.73. The number of benzene rings is 1. The minimum Gasteiger partial charge on any atom is -0.389 e. The Morgan fingerprint density at radius 2 is 2.19 bits per heavy atom. The van der Waals surface area contributed by atoms with Crippen LogP contribution in [0.5, 0.6) is 0 Å². The number of carbonyl (C=O) groups is 1. The first kappa shape index (κ1) is 14.5. The van der Waals surface area contributed by atoms with Gasteiger partial charge in [0.25, 0.3) is 5.91 Å². The summed E-state index contributed by atoms with van der Waals surface area (Å²) in [5, 5.41) is 10.6. The van der Waals surface area contributed by atoms with Crippen LogP contribution in [0.3, 0.4) is 0 Å². The Morgan fingerprint density at radius 3 is 3.00 bits per heavy atom. The van der Waals surface area contributed by atoms with Crippen molar-refractivity contribution in [2.75, 3.05) is 13.1 Å². The van der Waals surface area contributed by atoms with Crippen LogP contribution in [0.2, 0.25) is 0 Å². The number of hydrogen-bond donors (Lipinski definition) is 1. The summed E-state index contributed by atoms with van der Waals surface area (Å²) in [5.74, 6) is -0.535. The van der Waals surface area contributed by atoms with Crippen molar-refractivity contribution in [3.63, 3.8) is 0 Å². The molecular formula is C17H22FNO2. The number of aryl methyl sites for hydroxylation is 1. The summed E-state index contributed by atoms with van der Waals surface area (Å²) < 4.78 is 14.1. The number of likely N-dealkylation sites (tertiary alicyclic amines) is 1. The molecule has 0 spiro atoms. The van der Waals surface area contributed by atoms with Gasteiger partial charge in [0.05, 0.1) is 11.2 Å². The molecule has 1 N–H and O–H groups in total. The Hall–Kier alpha value is -1.42. The second-order valence-electron chi connectivity index (χ2n) is 6.48. The topological polar surface area (TPSA) is 40.5 Å². The normalized spacial score (nSPS) is 29.1. The molecule has 1 heterocycles. The first-order valence-electron chi connectivity index (χ1n) is 7.78. The van der Waals surface area contributed by atoms with Gasteiger partial charge in [-0.15, -0.1) is 0 Å². The van der Waals surface area contributed by atoms with Gasteiger partial charge in [0, 0.05) is 19.0 Å². The fraction of sp³-hybridized carbons (Fsp3) is 0.588. The number of rotatable bonds is 1. The van der Waals surface area contributed by atoms with E-state index in [1.54, 1.807) is 30.0 Å². The van der Waals surface area contributed by atoms with Crippen LogP contribution >= 0.6 is 0 Å². The van der Waals surface area contributed by atoms with Gasteiger partial charge in [-0.1, -0.05) is 25.0 Å². The van der Waals surface area contributed by atoms with Crippen molar-refractivity contribution in [1.29, 1.82) is 0 Å². The zero-order chi connectivity index (χ0) is 15.0. The molecule has 1 aliphatic heterocycles. The van der Waals surface area contributed by atoms with Crippen molar-refractivity contribution < 1.29 is 14.3 Å². The van der Waals surface area contributed by atoms with Crippen LogP contribution < -0.4 is 0 Å². The quantitative estimate of drug-likeness (QED) is 0.864. The minimum absolute atomic E-state index is 0.136. The van der Waals surface area contributed by atoms with Crippen LogP contribution in [0, 0.1) is 18.7 Å². The van der Waals surface area contributed by atoms with Crippen molar-refractivity contribution in [2.45, 2.75) is 44.6 Å². The maximum Gasteiger partial charge on any atom is 0.256 e. The summed E-state index contributed by atoms with van der Waals surface area (Å²) in [5.41, 5.74) is 0.0310. The van der Waals surface area contributed by atoms with Gasteiger partial charge in [-0.3, -0.25) is 4.79 Å². The summed E-state index contributed by atoms with van der Waals surface area (Å²) in [7, 11) is 0. The Bertz CT molecular complexity index is 560. The standard InChI is InChI=1S/C17H22FNO2/c1-12-5-4-7-14(15(12)18)16(20)19-10-9-17(21)8-3-2-6-13(17)11-19/h4-5,7,13,21H,2-3,6,8-11H2,1H3. The molecule has 114 valence electrons. The number of nitrogens with zero attached hydrogens (tertiary/aromatic N) is 1. The van der Waals surface area contributed by atoms with Crippen LogP contribution in [0.15, 0.2) is 18.2 Å². The molecule has 2 unspecified atom stereocenters. The highest BCUT2D eigenvalue weighted by molar-refractivity contribution is 5.94. The highest BCUT2D eigenvalue weighted by atomic mass is 19.1. The van der Waals surface area contributed by atoms with E-state index < -0.39 is 11.4 Å². The van der Waals surface area contributed by atoms with E-state index in [-0.39, 0.29) is 17.4 Å².